The fraction of sp³-hybridized carbons (Fsp3) is 0.250. The average Bonchev–Trinajstić information content (AvgIpc) is 2.83. The molecule has 0 fully saturated rings. The van der Waals surface area contributed by atoms with Gasteiger partial charge >= 0.3 is 0 Å². The van der Waals surface area contributed by atoms with Gasteiger partial charge in [0.15, 0.2) is 0 Å². The van der Waals surface area contributed by atoms with Crippen LogP contribution in [0, 0.1) is 13.8 Å². The molecule has 128 valence electrons. The van der Waals surface area contributed by atoms with Crippen LogP contribution in [0.2, 0.25) is 0 Å². The van der Waals surface area contributed by atoms with E-state index >= 15 is 0 Å². The molecule has 2 amide bonds. The molecule has 0 saturated carbocycles. The van der Waals surface area contributed by atoms with E-state index in [1.54, 1.807) is 12.1 Å². The number of carbonyl (C=O) groups excluding carboxylic acids is 3. The maximum Gasteiger partial charge on any atom is 0.266 e. The molecule has 4 nitrogen and oxygen atoms in total. The van der Waals surface area contributed by atoms with Crippen LogP contribution in [0.25, 0.3) is 0 Å². The minimum Gasteiger partial charge on any atom is -0.276 e. The number of rotatable bonds is 4. The molecule has 0 radical (unpaired) electrons. The molecule has 0 aliphatic carbocycles. The third kappa shape index (κ3) is 2.67. The van der Waals surface area contributed by atoms with Crippen LogP contribution in [0.5, 0.6) is 0 Å². The molecule has 25 heavy (non-hydrogen) atoms. The molecule has 0 spiro atoms. The van der Waals surface area contributed by atoms with Gasteiger partial charge < -0.3 is 0 Å². The summed E-state index contributed by atoms with van der Waals surface area (Å²) in [6.45, 7) is 5.91. The Morgan fingerprint density at radius 2 is 1.72 bits per heavy atom. The van der Waals surface area contributed by atoms with Crippen LogP contribution in [0.4, 0.5) is 5.69 Å². The van der Waals surface area contributed by atoms with Gasteiger partial charge in [-0.2, -0.15) is 0 Å². The summed E-state index contributed by atoms with van der Waals surface area (Å²) in [6.07, 6.45) is 1.66. The highest BCUT2D eigenvalue weighted by atomic mass is 35.5. The number of anilines is 1. The second-order valence-corrected chi connectivity index (χ2v) is 6.57. The molecule has 1 heterocycles. The Balaban J connectivity index is 2.24. The predicted molar refractivity (Wildman–Crippen MR) is 97.7 cm³/mol. The summed E-state index contributed by atoms with van der Waals surface area (Å²) in [4.78, 5) is 38.9. The maximum absolute atomic E-state index is 13.0. The number of hydrogen-bond acceptors (Lipinski definition) is 3. The van der Waals surface area contributed by atoms with Crippen molar-refractivity contribution in [3.05, 3.63) is 63.7 Å². The van der Waals surface area contributed by atoms with Crippen LogP contribution in [-0.2, 0) is 6.42 Å². The number of hydrogen-bond donors (Lipinski definition) is 0. The van der Waals surface area contributed by atoms with Gasteiger partial charge in [-0.1, -0.05) is 31.5 Å². The van der Waals surface area contributed by atoms with Crippen LogP contribution in [-0.4, -0.2) is 17.1 Å². The van der Waals surface area contributed by atoms with Crippen molar-refractivity contribution in [2.45, 2.75) is 33.6 Å². The Labute approximate surface area is 151 Å². The van der Waals surface area contributed by atoms with E-state index in [9.17, 15) is 14.4 Å². The molecule has 1 aliphatic rings. The van der Waals surface area contributed by atoms with Crippen LogP contribution < -0.4 is 4.90 Å². The van der Waals surface area contributed by atoms with Crippen molar-refractivity contribution in [1.29, 1.82) is 0 Å². The van der Waals surface area contributed by atoms with Crippen molar-refractivity contribution in [2.75, 3.05) is 4.90 Å². The molecule has 3 rings (SSSR count). The molecule has 2 aromatic carbocycles. The highest BCUT2D eigenvalue weighted by molar-refractivity contribution is 6.68. The van der Waals surface area contributed by atoms with Crippen LogP contribution in [0.15, 0.2) is 30.3 Å². The zero-order valence-electron chi connectivity index (χ0n) is 14.4. The van der Waals surface area contributed by atoms with Gasteiger partial charge in [0.2, 0.25) is 0 Å². The third-order valence-electron chi connectivity index (χ3n) is 4.57. The summed E-state index contributed by atoms with van der Waals surface area (Å²) in [5.74, 6) is -0.901. The van der Waals surface area contributed by atoms with E-state index < -0.39 is 17.1 Å². The van der Waals surface area contributed by atoms with Gasteiger partial charge in [-0.05, 0) is 60.7 Å². The van der Waals surface area contributed by atoms with Gasteiger partial charge in [0.05, 0.1) is 16.8 Å². The maximum atomic E-state index is 13.0. The molecular formula is C20H18ClNO3. The van der Waals surface area contributed by atoms with E-state index in [0.29, 0.717) is 5.69 Å². The summed E-state index contributed by atoms with van der Waals surface area (Å²) in [5, 5.41) is -0.741. The second-order valence-electron chi connectivity index (χ2n) is 6.22. The topological polar surface area (TPSA) is 54.5 Å². The molecule has 0 N–H and O–H groups in total. The first kappa shape index (κ1) is 17.4. The van der Waals surface area contributed by atoms with Gasteiger partial charge in [0, 0.05) is 5.56 Å². The quantitative estimate of drug-likeness (QED) is 0.602. The molecule has 1 aliphatic heterocycles. The van der Waals surface area contributed by atoms with E-state index in [0.717, 1.165) is 29.5 Å². The number of nitrogens with zero attached hydrogens (tertiary/aromatic N) is 1. The number of fused-ring (bicyclic) bond motifs is 1. The monoisotopic (exact) mass is 355 g/mol. The molecular weight excluding hydrogens is 338 g/mol. The van der Waals surface area contributed by atoms with E-state index in [1.165, 1.54) is 11.0 Å². The lowest BCUT2D eigenvalue weighted by Gasteiger charge is -2.22. The van der Waals surface area contributed by atoms with Crippen molar-refractivity contribution < 1.29 is 14.4 Å². The highest BCUT2D eigenvalue weighted by Gasteiger charge is 2.40. The lowest BCUT2D eigenvalue weighted by molar-refractivity contribution is 0.0922. The zero-order chi connectivity index (χ0) is 18.3. The number of halogens is 1. The third-order valence-corrected chi connectivity index (χ3v) is 4.77. The predicted octanol–water partition coefficient (Wildman–Crippen LogP) is 4.44. The van der Waals surface area contributed by atoms with Gasteiger partial charge in [-0.25, -0.2) is 4.90 Å². The minimum atomic E-state index is -0.741. The van der Waals surface area contributed by atoms with Gasteiger partial charge in [0.25, 0.3) is 17.1 Å². The summed E-state index contributed by atoms with van der Waals surface area (Å²) in [5.41, 5.74) is 3.88. The molecule has 0 unspecified atom stereocenters. The summed E-state index contributed by atoms with van der Waals surface area (Å²) >= 11 is 5.61. The number of carbonyl (C=O) groups is 3. The SMILES string of the molecule is CCCc1c(C)ccc(C)c1N1C(=O)c2cccc(C(=O)Cl)c2C1=O. The molecule has 2 aromatic rings. The van der Waals surface area contributed by atoms with Gasteiger partial charge in [-0.15, -0.1) is 0 Å². The second kappa shape index (κ2) is 6.45. The number of imide groups is 1. The fourth-order valence-electron chi connectivity index (χ4n) is 3.38. The Kier molecular flexibility index (Phi) is 4.48. The standard InChI is InChI=1S/C20H18ClNO3/c1-4-6-13-11(2)9-10-12(3)17(13)22-19(24)15-8-5-7-14(18(21)23)16(15)20(22)25/h5,7-10H,4,6H2,1-3H3. The first-order valence-corrected chi connectivity index (χ1v) is 8.57. The van der Waals surface area contributed by atoms with E-state index in [1.807, 2.05) is 26.0 Å². The van der Waals surface area contributed by atoms with Crippen LogP contribution >= 0.6 is 11.6 Å². The normalized spacial score (nSPS) is 13.4. The first-order chi connectivity index (χ1) is 11.9. The fourth-order valence-corrected chi connectivity index (χ4v) is 3.54. The van der Waals surface area contributed by atoms with Crippen LogP contribution in [0.1, 0.15) is 61.1 Å². The Bertz CT molecular complexity index is 917. The Morgan fingerprint density at radius 3 is 2.36 bits per heavy atom. The smallest absolute Gasteiger partial charge is 0.266 e. The molecule has 5 heteroatoms. The van der Waals surface area contributed by atoms with Gasteiger partial charge in [0.1, 0.15) is 0 Å². The van der Waals surface area contributed by atoms with E-state index in [4.69, 9.17) is 11.6 Å². The molecule has 0 aromatic heterocycles. The molecule has 0 saturated heterocycles. The van der Waals surface area contributed by atoms with E-state index in [2.05, 4.69) is 6.92 Å². The summed E-state index contributed by atoms with van der Waals surface area (Å²) in [7, 11) is 0. The molecule has 0 bridgehead atoms. The molecule has 0 atom stereocenters. The number of benzene rings is 2. The van der Waals surface area contributed by atoms with Crippen molar-refractivity contribution >= 4 is 34.3 Å². The van der Waals surface area contributed by atoms with Crippen LogP contribution in [0.3, 0.4) is 0 Å². The Morgan fingerprint density at radius 1 is 1.04 bits per heavy atom. The number of aryl methyl sites for hydroxylation is 2. The lowest BCUT2D eigenvalue weighted by atomic mass is 9.97. The minimum absolute atomic E-state index is 0.0716. The summed E-state index contributed by atoms with van der Waals surface area (Å²) in [6, 6.07) is 8.50. The first-order valence-electron chi connectivity index (χ1n) is 8.19. The zero-order valence-corrected chi connectivity index (χ0v) is 15.1. The van der Waals surface area contributed by atoms with Crippen molar-refractivity contribution in [3.8, 4) is 0 Å². The lowest BCUT2D eigenvalue weighted by Crippen LogP contribution is -2.31. The Hall–Kier alpha value is -2.46. The highest BCUT2D eigenvalue weighted by Crippen LogP contribution is 2.36. The summed E-state index contributed by atoms with van der Waals surface area (Å²) < 4.78 is 0. The van der Waals surface area contributed by atoms with Crippen molar-refractivity contribution in [3.63, 3.8) is 0 Å². The van der Waals surface area contributed by atoms with Crippen molar-refractivity contribution in [1.82, 2.24) is 0 Å². The van der Waals surface area contributed by atoms with Gasteiger partial charge in [-0.3, -0.25) is 14.4 Å². The largest absolute Gasteiger partial charge is 0.276 e. The number of amides is 2. The average molecular weight is 356 g/mol. The van der Waals surface area contributed by atoms with Crippen molar-refractivity contribution in [2.24, 2.45) is 0 Å². The van der Waals surface area contributed by atoms with E-state index in [-0.39, 0.29) is 16.7 Å².